The molecule has 0 saturated heterocycles. The molecule has 19 heavy (non-hydrogen) atoms. The van der Waals surface area contributed by atoms with Gasteiger partial charge in [-0.3, -0.25) is 13.9 Å². The van der Waals surface area contributed by atoms with E-state index < -0.39 is 0 Å². The predicted molar refractivity (Wildman–Crippen MR) is 70.9 cm³/mol. The molecule has 2 rings (SSSR count). The van der Waals surface area contributed by atoms with Crippen molar-refractivity contribution < 1.29 is 0 Å². The highest BCUT2D eigenvalue weighted by Gasteiger charge is 2.18. The van der Waals surface area contributed by atoms with Gasteiger partial charge in [-0.25, -0.2) is 4.79 Å². The molecule has 0 aliphatic heterocycles. The first-order chi connectivity index (χ1) is 9.15. The van der Waals surface area contributed by atoms with Crippen LogP contribution in [0.2, 0.25) is 0 Å². The van der Waals surface area contributed by atoms with E-state index in [1.165, 1.54) is 13.5 Å². The van der Waals surface area contributed by atoms with E-state index in [2.05, 4.69) is 10.0 Å². The lowest BCUT2D eigenvalue weighted by atomic mass is 9.95. The molecule has 0 radical (unpaired) electrons. The van der Waals surface area contributed by atoms with Gasteiger partial charge in [0.1, 0.15) is 0 Å². The molecule has 7 nitrogen and oxygen atoms in total. The van der Waals surface area contributed by atoms with Crippen molar-refractivity contribution in [3.63, 3.8) is 0 Å². The van der Waals surface area contributed by atoms with Gasteiger partial charge >= 0.3 is 5.69 Å². The number of azide groups is 1. The van der Waals surface area contributed by atoms with E-state index in [0.29, 0.717) is 5.56 Å². The Balaban J connectivity index is 2.47. The fourth-order valence-corrected chi connectivity index (χ4v) is 2.59. The van der Waals surface area contributed by atoms with Crippen LogP contribution in [0.1, 0.15) is 43.7 Å². The van der Waals surface area contributed by atoms with Crippen LogP contribution >= 0.6 is 0 Å². The molecule has 0 bridgehead atoms. The summed E-state index contributed by atoms with van der Waals surface area (Å²) in [5, 5.41) is 3.41. The molecule has 1 fully saturated rings. The van der Waals surface area contributed by atoms with Crippen molar-refractivity contribution in [2.24, 2.45) is 12.2 Å². The van der Waals surface area contributed by atoms with Crippen molar-refractivity contribution in [3.8, 4) is 0 Å². The molecule has 0 N–H and O–H groups in total. The highest BCUT2D eigenvalue weighted by molar-refractivity contribution is 5.06. The van der Waals surface area contributed by atoms with Crippen molar-refractivity contribution in [2.75, 3.05) is 0 Å². The largest absolute Gasteiger partial charge is 0.330 e. The Labute approximate surface area is 110 Å². The fraction of sp³-hybridized carbons (Fsp3) is 0.667. The molecule has 1 saturated carbocycles. The monoisotopic (exact) mass is 263 g/mol. The van der Waals surface area contributed by atoms with E-state index in [4.69, 9.17) is 5.53 Å². The Kier molecular flexibility index (Phi) is 4.06. The van der Waals surface area contributed by atoms with Gasteiger partial charge in [-0.1, -0.05) is 24.4 Å². The normalized spacial score (nSPS) is 16.1. The van der Waals surface area contributed by atoms with Crippen LogP contribution < -0.4 is 11.2 Å². The van der Waals surface area contributed by atoms with Gasteiger partial charge in [0.2, 0.25) is 0 Å². The lowest BCUT2D eigenvalue weighted by molar-refractivity contribution is 0.336. The van der Waals surface area contributed by atoms with Crippen LogP contribution in [0.15, 0.2) is 20.9 Å². The molecule has 0 unspecified atom stereocenters. The Morgan fingerprint density at radius 1 is 1.37 bits per heavy atom. The van der Waals surface area contributed by atoms with Crippen LogP contribution in [0, 0.1) is 0 Å². The van der Waals surface area contributed by atoms with Gasteiger partial charge in [0, 0.05) is 29.8 Å². The van der Waals surface area contributed by atoms with Gasteiger partial charge in [0.05, 0.1) is 6.54 Å². The summed E-state index contributed by atoms with van der Waals surface area (Å²) in [5.74, 6) is 0. The second kappa shape index (κ2) is 5.75. The maximum Gasteiger partial charge on any atom is 0.330 e. The van der Waals surface area contributed by atoms with Crippen molar-refractivity contribution in [3.05, 3.63) is 43.0 Å². The van der Waals surface area contributed by atoms with Gasteiger partial charge in [0.25, 0.3) is 5.56 Å². The average Bonchev–Trinajstić information content (AvgIpc) is 2.45. The maximum atomic E-state index is 12.1. The first kappa shape index (κ1) is 13.4. The molecule has 1 aliphatic rings. The molecule has 1 aromatic rings. The van der Waals surface area contributed by atoms with Gasteiger partial charge in [-0.2, -0.15) is 0 Å². The molecule has 1 heterocycles. The third-order valence-corrected chi connectivity index (χ3v) is 3.65. The van der Waals surface area contributed by atoms with Crippen LogP contribution in [-0.2, 0) is 13.6 Å². The molecule has 1 aromatic heterocycles. The molecular formula is C12H17N5O2. The summed E-state index contributed by atoms with van der Waals surface area (Å²) in [6.45, 7) is -0.0177. The van der Waals surface area contributed by atoms with E-state index >= 15 is 0 Å². The van der Waals surface area contributed by atoms with Gasteiger partial charge in [-0.05, 0) is 18.4 Å². The molecular weight excluding hydrogens is 246 g/mol. The summed E-state index contributed by atoms with van der Waals surface area (Å²) < 4.78 is 2.72. The molecule has 1 aliphatic carbocycles. The lowest BCUT2D eigenvalue weighted by Crippen LogP contribution is -2.41. The van der Waals surface area contributed by atoms with Gasteiger partial charge in [0.15, 0.2) is 0 Å². The minimum absolute atomic E-state index is 0.0177. The zero-order valence-electron chi connectivity index (χ0n) is 10.9. The maximum absolute atomic E-state index is 12.1. The quantitative estimate of drug-likeness (QED) is 0.473. The number of aromatic nitrogens is 2. The second-order valence-corrected chi connectivity index (χ2v) is 4.89. The zero-order chi connectivity index (χ0) is 13.8. The standard InChI is InChI=1S/C12H17N5O2/c1-16-11(18)9(7-14-15-13)8-17(12(16)19)10-5-3-2-4-6-10/h8,10H,2-7H2,1H3. The summed E-state index contributed by atoms with van der Waals surface area (Å²) in [6, 6.07) is 0.151. The first-order valence-corrected chi connectivity index (χ1v) is 6.47. The number of rotatable bonds is 3. The molecule has 7 heteroatoms. The van der Waals surface area contributed by atoms with Gasteiger partial charge in [-0.15, -0.1) is 0 Å². The van der Waals surface area contributed by atoms with Crippen molar-refractivity contribution in [2.45, 2.75) is 44.7 Å². The summed E-state index contributed by atoms with van der Waals surface area (Å²) in [6.07, 6.45) is 6.88. The Morgan fingerprint density at radius 2 is 2.05 bits per heavy atom. The zero-order valence-corrected chi connectivity index (χ0v) is 10.9. The van der Waals surface area contributed by atoms with Crippen LogP contribution in [0.3, 0.4) is 0 Å². The molecule has 0 aromatic carbocycles. The van der Waals surface area contributed by atoms with E-state index in [-0.39, 0.29) is 23.8 Å². The van der Waals surface area contributed by atoms with Gasteiger partial charge < -0.3 is 0 Å². The number of nitrogens with zero attached hydrogens (tertiary/aromatic N) is 5. The third kappa shape index (κ3) is 2.71. The van der Waals surface area contributed by atoms with E-state index in [1.54, 1.807) is 10.8 Å². The Hall–Kier alpha value is -2.01. The van der Waals surface area contributed by atoms with Crippen LogP contribution in [0.4, 0.5) is 0 Å². The first-order valence-electron chi connectivity index (χ1n) is 6.47. The SMILES string of the molecule is Cn1c(=O)c(CN=[N+]=[N-])cn(C2CCCCC2)c1=O. The van der Waals surface area contributed by atoms with E-state index in [0.717, 1.165) is 30.3 Å². The average molecular weight is 263 g/mol. The fourth-order valence-electron chi connectivity index (χ4n) is 2.59. The Morgan fingerprint density at radius 3 is 2.68 bits per heavy atom. The number of hydrogen-bond donors (Lipinski definition) is 0. The second-order valence-electron chi connectivity index (χ2n) is 4.89. The minimum atomic E-state index is -0.385. The summed E-state index contributed by atoms with van der Waals surface area (Å²) in [4.78, 5) is 26.7. The minimum Gasteiger partial charge on any atom is -0.297 e. The Bertz CT molecular complexity index is 618. The summed E-state index contributed by atoms with van der Waals surface area (Å²) in [5.41, 5.74) is 8.03. The van der Waals surface area contributed by atoms with E-state index in [9.17, 15) is 9.59 Å². The molecule has 102 valence electrons. The van der Waals surface area contributed by atoms with Crippen molar-refractivity contribution >= 4 is 0 Å². The summed E-state index contributed by atoms with van der Waals surface area (Å²) >= 11 is 0. The molecule has 0 spiro atoms. The predicted octanol–water partition coefficient (Wildman–Crippen LogP) is 1.86. The molecule has 0 atom stereocenters. The highest BCUT2D eigenvalue weighted by atomic mass is 16.2. The van der Waals surface area contributed by atoms with Crippen LogP contribution in [0.25, 0.3) is 10.4 Å². The number of hydrogen-bond acceptors (Lipinski definition) is 3. The smallest absolute Gasteiger partial charge is 0.297 e. The van der Waals surface area contributed by atoms with E-state index in [1.807, 2.05) is 0 Å². The molecule has 0 amide bonds. The third-order valence-electron chi connectivity index (χ3n) is 3.65. The van der Waals surface area contributed by atoms with Crippen molar-refractivity contribution in [1.29, 1.82) is 0 Å². The van der Waals surface area contributed by atoms with Crippen LogP contribution in [0.5, 0.6) is 0 Å². The topological polar surface area (TPSA) is 92.8 Å². The van der Waals surface area contributed by atoms with Crippen molar-refractivity contribution in [1.82, 2.24) is 9.13 Å². The highest BCUT2D eigenvalue weighted by Crippen LogP contribution is 2.26. The lowest BCUT2D eigenvalue weighted by Gasteiger charge is -2.24. The summed E-state index contributed by atoms with van der Waals surface area (Å²) in [7, 11) is 1.46. The van der Waals surface area contributed by atoms with Crippen LogP contribution in [-0.4, -0.2) is 9.13 Å².